The summed E-state index contributed by atoms with van der Waals surface area (Å²) in [5.41, 5.74) is 0.890. The quantitative estimate of drug-likeness (QED) is 0.920. The van der Waals surface area contributed by atoms with E-state index in [0.29, 0.717) is 5.75 Å². The van der Waals surface area contributed by atoms with Gasteiger partial charge >= 0.3 is 0 Å². The van der Waals surface area contributed by atoms with E-state index < -0.39 is 0 Å². The highest BCUT2D eigenvalue weighted by atomic mass is 16.3. The molecule has 3 rings (SSSR count). The minimum Gasteiger partial charge on any atom is -0.506 e. The Balaban J connectivity index is 1.57. The lowest BCUT2D eigenvalue weighted by atomic mass is 10.2. The number of para-hydroxylation sites is 2. The molecule has 2 aliphatic rings. The highest BCUT2D eigenvalue weighted by molar-refractivity contribution is 5.81. The number of phenolic OH excluding ortho intramolecular Hbond substituents is 1. The summed E-state index contributed by atoms with van der Waals surface area (Å²) in [5.74, 6) is 0.602. The molecule has 0 saturated carbocycles. The van der Waals surface area contributed by atoms with Gasteiger partial charge in [0.15, 0.2) is 0 Å². The van der Waals surface area contributed by atoms with Crippen molar-refractivity contribution in [3.8, 4) is 5.75 Å². The third-order valence-electron chi connectivity index (χ3n) is 4.86. The standard InChI is InChI=1S/C17H25N3O2/c1-14(17(22)20-8-4-5-9-20)18-10-12-19(13-11-18)15-6-2-3-7-16(15)21/h2-3,6-7,14,21H,4-5,8-13H2,1H3/t14-/m0/s1. The maximum atomic E-state index is 12.5. The fourth-order valence-corrected chi connectivity index (χ4v) is 3.44. The van der Waals surface area contributed by atoms with Gasteiger partial charge in [-0.05, 0) is 31.9 Å². The van der Waals surface area contributed by atoms with Gasteiger partial charge in [-0.2, -0.15) is 0 Å². The number of phenols is 1. The predicted octanol–water partition coefficient (Wildman–Crippen LogP) is 1.53. The maximum Gasteiger partial charge on any atom is 0.239 e. The summed E-state index contributed by atoms with van der Waals surface area (Å²) in [7, 11) is 0. The van der Waals surface area contributed by atoms with Crippen molar-refractivity contribution in [2.24, 2.45) is 0 Å². The van der Waals surface area contributed by atoms with Crippen molar-refractivity contribution in [2.45, 2.75) is 25.8 Å². The molecule has 2 aliphatic heterocycles. The van der Waals surface area contributed by atoms with Crippen LogP contribution in [0.25, 0.3) is 0 Å². The lowest BCUT2D eigenvalue weighted by molar-refractivity contribution is -0.135. The summed E-state index contributed by atoms with van der Waals surface area (Å²) in [6, 6.07) is 7.42. The van der Waals surface area contributed by atoms with E-state index in [-0.39, 0.29) is 11.9 Å². The Morgan fingerprint density at radius 2 is 1.68 bits per heavy atom. The molecule has 120 valence electrons. The Hall–Kier alpha value is -1.75. The maximum absolute atomic E-state index is 12.5. The Bertz CT molecular complexity index is 520. The van der Waals surface area contributed by atoms with Crippen LogP contribution in [0.4, 0.5) is 5.69 Å². The number of likely N-dealkylation sites (tertiary alicyclic amines) is 1. The molecule has 2 saturated heterocycles. The van der Waals surface area contributed by atoms with E-state index in [1.54, 1.807) is 6.07 Å². The summed E-state index contributed by atoms with van der Waals surface area (Å²) < 4.78 is 0. The van der Waals surface area contributed by atoms with E-state index in [0.717, 1.165) is 57.8 Å². The second kappa shape index (κ2) is 6.57. The number of carbonyl (C=O) groups excluding carboxylic acids is 1. The van der Waals surface area contributed by atoms with Crippen LogP contribution >= 0.6 is 0 Å². The monoisotopic (exact) mass is 303 g/mol. The first-order valence-corrected chi connectivity index (χ1v) is 8.22. The van der Waals surface area contributed by atoms with Crippen LogP contribution in [0, 0.1) is 0 Å². The Labute approximate surface area is 132 Å². The molecule has 1 atom stereocenters. The van der Waals surface area contributed by atoms with Crippen LogP contribution in [0.3, 0.4) is 0 Å². The molecule has 1 aromatic carbocycles. The number of carbonyl (C=O) groups is 1. The minimum atomic E-state index is -0.0374. The highest BCUT2D eigenvalue weighted by Crippen LogP contribution is 2.27. The molecule has 0 radical (unpaired) electrons. The first kappa shape index (κ1) is 15.2. The third kappa shape index (κ3) is 3.04. The lowest BCUT2D eigenvalue weighted by Crippen LogP contribution is -2.54. The van der Waals surface area contributed by atoms with Gasteiger partial charge in [-0.1, -0.05) is 12.1 Å². The number of rotatable bonds is 3. The van der Waals surface area contributed by atoms with Gasteiger partial charge in [0, 0.05) is 39.3 Å². The predicted molar refractivity (Wildman–Crippen MR) is 87.2 cm³/mol. The van der Waals surface area contributed by atoms with Gasteiger partial charge in [-0.15, -0.1) is 0 Å². The van der Waals surface area contributed by atoms with Crippen molar-refractivity contribution >= 4 is 11.6 Å². The number of nitrogens with zero attached hydrogens (tertiary/aromatic N) is 3. The molecule has 1 N–H and O–H groups in total. The Morgan fingerprint density at radius 1 is 1.05 bits per heavy atom. The minimum absolute atomic E-state index is 0.0374. The summed E-state index contributed by atoms with van der Waals surface area (Å²) in [6.07, 6.45) is 2.28. The van der Waals surface area contributed by atoms with Crippen LogP contribution in [0.15, 0.2) is 24.3 Å². The molecule has 1 amide bonds. The largest absolute Gasteiger partial charge is 0.506 e. The van der Waals surface area contributed by atoms with Gasteiger partial charge in [0.1, 0.15) is 5.75 Å². The molecule has 0 aliphatic carbocycles. The number of amides is 1. The van der Waals surface area contributed by atoms with Gasteiger partial charge in [-0.3, -0.25) is 9.69 Å². The van der Waals surface area contributed by atoms with Crippen molar-refractivity contribution in [1.29, 1.82) is 0 Å². The zero-order chi connectivity index (χ0) is 15.5. The molecule has 0 unspecified atom stereocenters. The molecule has 1 aromatic rings. The van der Waals surface area contributed by atoms with Gasteiger partial charge in [0.05, 0.1) is 11.7 Å². The summed E-state index contributed by atoms with van der Waals surface area (Å²) in [5, 5.41) is 9.95. The fourth-order valence-electron chi connectivity index (χ4n) is 3.44. The van der Waals surface area contributed by atoms with Crippen LogP contribution < -0.4 is 4.90 Å². The summed E-state index contributed by atoms with van der Waals surface area (Å²) in [4.78, 5) is 18.9. The van der Waals surface area contributed by atoms with E-state index in [9.17, 15) is 9.90 Å². The van der Waals surface area contributed by atoms with Gasteiger partial charge < -0.3 is 14.9 Å². The molecule has 5 heteroatoms. The second-order valence-corrected chi connectivity index (χ2v) is 6.22. The van der Waals surface area contributed by atoms with Crippen LogP contribution in [0.5, 0.6) is 5.75 Å². The highest BCUT2D eigenvalue weighted by Gasteiger charge is 2.30. The van der Waals surface area contributed by atoms with Crippen molar-refractivity contribution in [1.82, 2.24) is 9.80 Å². The van der Waals surface area contributed by atoms with Gasteiger partial charge in [0.2, 0.25) is 5.91 Å². The Morgan fingerprint density at radius 3 is 2.32 bits per heavy atom. The van der Waals surface area contributed by atoms with Gasteiger partial charge in [0.25, 0.3) is 0 Å². The zero-order valence-corrected chi connectivity index (χ0v) is 13.2. The smallest absolute Gasteiger partial charge is 0.239 e. The average molecular weight is 303 g/mol. The van der Waals surface area contributed by atoms with Crippen molar-refractivity contribution in [3.05, 3.63) is 24.3 Å². The summed E-state index contributed by atoms with van der Waals surface area (Å²) in [6.45, 7) is 7.26. The number of piperazine rings is 1. The van der Waals surface area contributed by atoms with E-state index in [4.69, 9.17) is 0 Å². The third-order valence-corrected chi connectivity index (χ3v) is 4.86. The number of aromatic hydroxyl groups is 1. The molecular weight excluding hydrogens is 278 g/mol. The van der Waals surface area contributed by atoms with E-state index in [1.165, 1.54) is 0 Å². The molecule has 0 bridgehead atoms. The second-order valence-electron chi connectivity index (χ2n) is 6.22. The van der Waals surface area contributed by atoms with Crippen molar-refractivity contribution in [2.75, 3.05) is 44.2 Å². The fraction of sp³-hybridized carbons (Fsp3) is 0.588. The van der Waals surface area contributed by atoms with Crippen LogP contribution in [-0.2, 0) is 4.79 Å². The first-order valence-electron chi connectivity index (χ1n) is 8.22. The van der Waals surface area contributed by atoms with Crippen LogP contribution in [-0.4, -0.2) is 66.1 Å². The SMILES string of the molecule is C[C@@H](C(=O)N1CCCC1)N1CCN(c2ccccc2O)CC1. The van der Waals surface area contributed by atoms with E-state index >= 15 is 0 Å². The first-order chi connectivity index (χ1) is 10.7. The zero-order valence-electron chi connectivity index (χ0n) is 13.2. The molecule has 2 fully saturated rings. The van der Waals surface area contributed by atoms with Crippen LogP contribution in [0.2, 0.25) is 0 Å². The van der Waals surface area contributed by atoms with Crippen LogP contribution in [0.1, 0.15) is 19.8 Å². The molecule has 0 aromatic heterocycles. The normalized spacial score (nSPS) is 21.1. The number of benzene rings is 1. The average Bonchev–Trinajstić information content (AvgIpc) is 3.09. The molecule has 2 heterocycles. The van der Waals surface area contributed by atoms with E-state index in [1.807, 2.05) is 30.0 Å². The lowest BCUT2D eigenvalue weighted by Gasteiger charge is -2.39. The number of anilines is 1. The topological polar surface area (TPSA) is 47.0 Å². The van der Waals surface area contributed by atoms with Crippen molar-refractivity contribution < 1.29 is 9.90 Å². The number of hydrogen-bond acceptors (Lipinski definition) is 4. The molecule has 22 heavy (non-hydrogen) atoms. The van der Waals surface area contributed by atoms with E-state index in [2.05, 4.69) is 9.80 Å². The van der Waals surface area contributed by atoms with Crippen molar-refractivity contribution in [3.63, 3.8) is 0 Å². The summed E-state index contributed by atoms with van der Waals surface area (Å²) >= 11 is 0. The molecule has 5 nitrogen and oxygen atoms in total. The molecule has 0 spiro atoms. The Kier molecular flexibility index (Phi) is 4.52. The van der Waals surface area contributed by atoms with Gasteiger partial charge in [-0.25, -0.2) is 0 Å². The molecular formula is C17H25N3O2. The number of hydrogen-bond donors (Lipinski definition) is 1.